The van der Waals surface area contributed by atoms with Crippen LogP contribution in [-0.2, 0) is 10.3 Å². The van der Waals surface area contributed by atoms with Crippen LogP contribution in [0.25, 0.3) is 0 Å². The van der Waals surface area contributed by atoms with Crippen LogP contribution >= 0.6 is 0 Å². The highest BCUT2D eigenvalue weighted by Crippen LogP contribution is 2.23. The van der Waals surface area contributed by atoms with Crippen LogP contribution in [0.2, 0.25) is 0 Å². The van der Waals surface area contributed by atoms with E-state index in [-0.39, 0.29) is 5.82 Å². The Morgan fingerprint density at radius 3 is 2.76 bits per heavy atom. The fourth-order valence-corrected chi connectivity index (χ4v) is 1.83. The lowest BCUT2D eigenvalue weighted by Gasteiger charge is -2.26. The zero-order valence-electron chi connectivity index (χ0n) is 10.6. The molecular formula is C13H20FNO2. The average Bonchev–Trinajstić information content (AvgIpc) is 2.24. The summed E-state index contributed by atoms with van der Waals surface area (Å²) in [5.74, 6) is -0.283. The zero-order valence-corrected chi connectivity index (χ0v) is 10.6. The van der Waals surface area contributed by atoms with Crippen molar-refractivity contribution in [2.24, 2.45) is 0 Å². The van der Waals surface area contributed by atoms with Crippen molar-refractivity contribution in [3.63, 3.8) is 0 Å². The van der Waals surface area contributed by atoms with Crippen LogP contribution in [0.1, 0.15) is 18.1 Å². The molecule has 96 valence electrons. The van der Waals surface area contributed by atoms with Gasteiger partial charge in [-0.15, -0.1) is 0 Å². The minimum atomic E-state index is -1.01. The molecule has 0 radical (unpaired) electrons. The van der Waals surface area contributed by atoms with Gasteiger partial charge in [-0.05, 0) is 37.1 Å². The number of ether oxygens (including phenoxy) is 1. The third kappa shape index (κ3) is 4.07. The molecule has 0 heterocycles. The highest BCUT2D eigenvalue weighted by atomic mass is 19.1. The van der Waals surface area contributed by atoms with Crippen LogP contribution in [0.15, 0.2) is 18.2 Å². The highest BCUT2D eigenvalue weighted by molar-refractivity contribution is 5.31. The topological polar surface area (TPSA) is 41.5 Å². The van der Waals surface area contributed by atoms with Gasteiger partial charge in [-0.2, -0.15) is 0 Å². The molecule has 0 spiro atoms. The summed E-state index contributed by atoms with van der Waals surface area (Å²) in [6.45, 7) is 5.18. The second-order valence-corrected chi connectivity index (χ2v) is 4.40. The van der Waals surface area contributed by atoms with Crippen LogP contribution in [0, 0.1) is 12.7 Å². The smallest absolute Gasteiger partial charge is 0.123 e. The summed E-state index contributed by atoms with van der Waals surface area (Å²) in [7, 11) is 1.63. The van der Waals surface area contributed by atoms with Crippen molar-refractivity contribution in [3.8, 4) is 0 Å². The molecule has 1 aromatic carbocycles. The molecule has 0 aliphatic rings. The summed E-state index contributed by atoms with van der Waals surface area (Å²) in [6.07, 6.45) is 0. The van der Waals surface area contributed by atoms with Gasteiger partial charge in [0.2, 0.25) is 0 Å². The number of nitrogens with one attached hydrogen (secondary N) is 1. The van der Waals surface area contributed by atoms with E-state index >= 15 is 0 Å². The zero-order chi connectivity index (χ0) is 12.9. The van der Waals surface area contributed by atoms with Gasteiger partial charge in [0, 0.05) is 20.2 Å². The SMILES string of the molecule is COCCNCC(C)(O)c1ccc(F)cc1C. The molecule has 1 unspecified atom stereocenters. The fraction of sp³-hybridized carbons (Fsp3) is 0.538. The molecule has 0 aliphatic heterocycles. The standard InChI is InChI=1S/C13H20FNO2/c1-10-8-11(14)4-5-12(10)13(2,16)9-15-6-7-17-3/h4-5,8,15-16H,6-7,9H2,1-3H3. The van der Waals surface area contributed by atoms with Crippen molar-refractivity contribution in [1.82, 2.24) is 5.32 Å². The van der Waals surface area contributed by atoms with E-state index in [1.54, 1.807) is 27.0 Å². The Kier molecular flexibility index (Phi) is 5.05. The maximum Gasteiger partial charge on any atom is 0.123 e. The van der Waals surface area contributed by atoms with Crippen molar-refractivity contribution < 1.29 is 14.2 Å². The van der Waals surface area contributed by atoms with E-state index in [1.165, 1.54) is 12.1 Å². The first-order chi connectivity index (χ1) is 7.97. The number of aryl methyl sites for hydroxylation is 1. The lowest BCUT2D eigenvalue weighted by Crippen LogP contribution is -2.37. The Labute approximate surface area is 102 Å². The van der Waals surface area contributed by atoms with Gasteiger partial charge in [-0.3, -0.25) is 0 Å². The molecular weight excluding hydrogens is 221 g/mol. The van der Waals surface area contributed by atoms with Gasteiger partial charge in [0.25, 0.3) is 0 Å². The van der Waals surface area contributed by atoms with E-state index in [0.717, 1.165) is 11.1 Å². The molecule has 1 rings (SSSR count). The van der Waals surface area contributed by atoms with E-state index in [9.17, 15) is 9.50 Å². The lowest BCUT2D eigenvalue weighted by molar-refractivity contribution is 0.0543. The third-order valence-corrected chi connectivity index (χ3v) is 2.72. The summed E-state index contributed by atoms with van der Waals surface area (Å²) in [5, 5.41) is 13.4. The van der Waals surface area contributed by atoms with Gasteiger partial charge in [0.15, 0.2) is 0 Å². The van der Waals surface area contributed by atoms with Crippen molar-refractivity contribution in [2.75, 3.05) is 26.8 Å². The molecule has 4 heteroatoms. The molecule has 0 amide bonds. The Hall–Kier alpha value is -0.970. The molecule has 0 fully saturated rings. The number of hydrogen-bond donors (Lipinski definition) is 2. The summed E-state index contributed by atoms with van der Waals surface area (Å²) in [5.41, 5.74) is 0.485. The first kappa shape index (κ1) is 14.1. The van der Waals surface area contributed by atoms with Gasteiger partial charge in [-0.1, -0.05) is 6.07 Å². The summed E-state index contributed by atoms with van der Waals surface area (Å²) < 4.78 is 17.9. The third-order valence-electron chi connectivity index (χ3n) is 2.72. The molecule has 0 aromatic heterocycles. The maximum atomic E-state index is 13.0. The largest absolute Gasteiger partial charge is 0.384 e. The van der Waals surface area contributed by atoms with Gasteiger partial charge in [0.05, 0.1) is 12.2 Å². The second-order valence-electron chi connectivity index (χ2n) is 4.40. The van der Waals surface area contributed by atoms with Gasteiger partial charge >= 0.3 is 0 Å². The predicted molar refractivity (Wildman–Crippen MR) is 65.5 cm³/mol. The Bertz CT molecular complexity index is 366. The number of benzene rings is 1. The quantitative estimate of drug-likeness (QED) is 0.743. The minimum Gasteiger partial charge on any atom is -0.384 e. The van der Waals surface area contributed by atoms with Crippen LogP contribution in [0.4, 0.5) is 4.39 Å². The highest BCUT2D eigenvalue weighted by Gasteiger charge is 2.24. The number of halogens is 1. The van der Waals surface area contributed by atoms with Crippen LogP contribution in [-0.4, -0.2) is 31.9 Å². The van der Waals surface area contributed by atoms with Gasteiger partial charge < -0.3 is 15.2 Å². The molecule has 0 saturated heterocycles. The fourth-order valence-electron chi connectivity index (χ4n) is 1.83. The van der Waals surface area contributed by atoms with Crippen LogP contribution in [0.5, 0.6) is 0 Å². The number of hydrogen-bond acceptors (Lipinski definition) is 3. The number of rotatable bonds is 6. The molecule has 0 saturated carbocycles. The van der Waals surface area contributed by atoms with E-state index < -0.39 is 5.60 Å². The van der Waals surface area contributed by atoms with Crippen molar-refractivity contribution in [1.29, 1.82) is 0 Å². The molecule has 2 N–H and O–H groups in total. The second kappa shape index (κ2) is 6.10. The monoisotopic (exact) mass is 241 g/mol. The normalized spacial score (nSPS) is 14.6. The Morgan fingerprint density at radius 2 is 2.18 bits per heavy atom. The molecule has 1 atom stereocenters. The molecule has 3 nitrogen and oxygen atoms in total. The Morgan fingerprint density at radius 1 is 1.47 bits per heavy atom. The molecule has 0 bridgehead atoms. The van der Waals surface area contributed by atoms with Crippen molar-refractivity contribution in [3.05, 3.63) is 35.1 Å². The van der Waals surface area contributed by atoms with E-state index in [2.05, 4.69) is 5.32 Å². The summed E-state index contributed by atoms with van der Waals surface area (Å²) >= 11 is 0. The first-order valence-corrected chi connectivity index (χ1v) is 5.66. The lowest BCUT2D eigenvalue weighted by atomic mass is 9.92. The Balaban J connectivity index is 2.68. The summed E-state index contributed by atoms with van der Waals surface area (Å²) in [4.78, 5) is 0. The van der Waals surface area contributed by atoms with E-state index in [4.69, 9.17) is 4.74 Å². The average molecular weight is 241 g/mol. The van der Waals surface area contributed by atoms with E-state index in [0.29, 0.717) is 19.7 Å². The first-order valence-electron chi connectivity index (χ1n) is 5.66. The molecule has 1 aromatic rings. The molecule has 17 heavy (non-hydrogen) atoms. The van der Waals surface area contributed by atoms with Gasteiger partial charge in [-0.25, -0.2) is 4.39 Å². The molecule has 0 aliphatic carbocycles. The number of aliphatic hydroxyl groups is 1. The van der Waals surface area contributed by atoms with E-state index in [1.807, 2.05) is 0 Å². The predicted octanol–water partition coefficient (Wildman–Crippen LogP) is 1.58. The van der Waals surface area contributed by atoms with Gasteiger partial charge in [0.1, 0.15) is 5.82 Å². The van der Waals surface area contributed by atoms with Crippen molar-refractivity contribution in [2.45, 2.75) is 19.4 Å². The van der Waals surface area contributed by atoms with Crippen LogP contribution in [0.3, 0.4) is 0 Å². The number of methoxy groups -OCH3 is 1. The summed E-state index contributed by atoms with van der Waals surface area (Å²) in [6, 6.07) is 4.42. The van der Waals surface area contributed by atoms with Crippen molar-refractivity contribution >= 4 is 0 Å². The van der Waals surface area contributed by atoms with Crippen LogP contribution < -0.4 is 5.32 Å². The minimum absolute atomic E-state index is 0.283. The maximum absolute atomic E-state index is 13.0.